The van der Waals surface area contributed by atoms with Crippen molar-refractivity contribution >= 4 is 21.8 Å². The molecule has 1 saturated heterocycles. The Balaban J connectivity index is 2.16. The Labute approximate surface area is 103 Å². The molecule has 1 unspecified atom stereocenters. The van der Waals surface area contributed by atoms with E-state index >= 15 is 0 Å². The zero-order valence-corrected chi connectivity index (χ0v) is 10.6. The van der Waals surface area contributed by atoms with Crippen molar-refractivity contribution in [1.29, 1.82) is 0 Å². The first-order valence-electron chi connectivity index (χ1n) is 5.20. The lowest BCUT2D eigenvalue weighted by Gasteiger charge is -2.31. The molecule has 0 radical (unpaired) electrons. The highest BCUT2D eigenvalue weighted by molar-refractivity contribution is 9.10. The molecule has 5 heteroatoms. The van der Waals surface area contributed by atoms with E-state index < -0.39 is 0 Å². The number of aromatic nitrogens is 1. The lowest BCUT2D eigenvalue weighted by molar-refractivity contribution is -0.0126. The fraction of sp³-hybridized carbons (Fsp3) is 0.455. The number of carbonyl (C=O) groups is 1. The smallest absolute Gasteiger partial charge is 0.273 e. The van der Waals surface area contributed by atoms with E-state index in [2.05, 4.69) is 20.9 Å². The maximum absolute atomic E-state index is 12.1. The highest BCUT2D eigenvalue weighted by Crippen LogP contribution is 2.16. The molecule has 0 spiro atoms. The summed E-state index contributed by atoms with van der Waals surface area (Å²) in [4.78, 5) is 18.0. The van der Waals surface area contributed by atoms with Gasteiger partial charge in [0.15, 0.2) is 0 Å². The van der Waals surface area contributed by atoms with E-state index in [1.54, 1.807) is 17.2 Å². The topological polar surface area (TPSA) is 42.4 Å². The zero-order chi connectivity index (χ0) is 11.5. The summed E-state index contributed by atoms with van der Waals surface area (Å²) in [5, 5.41) is 0. The minimum Gasteiger partial charge on any atom is -0.375 e. The predicted octanol–water partition coefficient (Wildman–Crippen LogP) is 1.71. The number of rotatable bonds is 1. The van der Waals surface area contributed by atoms with Crippen LogP contribution in [0.2, 0.25) is 0 Å². The monoisotopic (exact) mass is 284 g/mol. The molecular weight excluding hydrogens is 272 g/mol. The van der Waals surface area contributed by atoms with Gasteiger partial charge in [-0.2, -0.15) is 0 Å². The summed E-state index contributed by atoms with van der Waals surface area (Å²) in [6.07, 6.45) is 1.72. The average molecular weight is 285 g/mol. The summed E-state index contributed by atoms with van der Waals surface area (Å²) >= 11 is 3.34. The lowest BCUT2D eigenvalue weighted by atomic mass is 10.2. The number of halogens is 1. The van der Waals surface area contributed by atoms with Crippen molar-refractivity contribution in [1.82, 2.24) is 9.88 Å². The second-order valence-electron chi connectivity index (χ2n) is 3.77. The summed E-state index contributed by atoms with van der Waals surface area (Å²) in [5.41, 5.74) is 0.469. The van der Waals surface area contributed by atoms with Crippen LogP contribution in [0.5, 0.6) is 0 Å². The van der Waals surface area contributed by atoms with E-state index in [9.17, 15) is 4.79 Å². The number of hydrogen-bond acceptors (Lipinski definition) is 3. The standard InChI is InChI=1S/C11H13BrN2O2/c1-8-7-14(5-6-16-8)11(15)10-9(12)3-2-4-13-10/h2-4,8H,5-7H2,1H3. The summed E-state index contributed by atoms with van der Waals surface area (Å²) in [5.74, 6) is -0.0392. The van der Waals surface area contributed by atoms with Crippen molar-refractivity contribution in [2.75, 3.05) is 19.7 Å². The van der Waals surface area contributed by atoms with Gasteiger partial charge in [0.25, 0.3) is 5.91 Å². The van der Waals surface area contributed by atoms with Crippen molar-refractivity contribution < 1.29 is 9.53 Å². The van der Waals surface area contributed by atoms with E-state index in [-0.39, 0.29) is 12.0 Å². The third kappa shape index (κ3) is 2.41. The van der Waals surface area contributed by atoms with Gasteiger partial charge in [-0.3, -0.25) is 4.79 Å². The SMILES string of the molecule is CC1CN(C(=O)c2ncccc2Br)CCO1. The Morgan fingerprint density at radius 2 is 2.50 bits per heavy atom. The summed E-state index contributed by atoms with van der Waals surface area (Å²) in [6.45, 7) is 3.82. The number of amides is 1. The van der Waals surface area contributed by atoms with Gasteiger partial charge >= 0.3 is 0 Å². The molecule has 0 aliphatic carbocycles. The summed E-state index contributed by atoms with van der Waals surface area (Å²) in [7, 11) is 0. The van der Waals surface area contributed by atoms with Gasteiger partial charge in [0.05, 0.1) is 12.7 Å². The molecule has 0 saturated carbocycles. The van der Waals surface area contributed by atoms with Crippen LogP contribution in [-0.2, 0) is 4.74 Å². The van der Waals surface area contributed by atoms with Crippen LogP contribution in [0, 0.1) is 0 Å². The van der Waals surface area contributed by atoms with E-state index in [1.165, 1.54) is 0 Å². The molecule has 86 valence electrons. The van der Waals surface area contributed by atoms with Crippen LogP contribution in [0.25, 0.3) is 0 Å². The molecule has 2 rings (SSSR count). The van der Waals surface area contributed by atoms with Gasteiger partial charge in [0, 0.05) is 23.8 Å². The van der Waals surface area contributed by atoms with Crippen molar-refractivity contribution in [2.45, 2.75) is 13.0 Å². The van der Waals surface area contributed by atoms with Crippen LogP contribution in [0.4, 0.5) is 0 Å². The number of morpholine rings is 1. The lowest BCUT2D eigenvalue weighted by Crippen LogP contribution is -2.44. The van der Waals surface area contributed by atoms with Crippen LogP contribution < -0.4 is 0 Å². The Morgan fingerprint density at radius 1 is 1.69 bits per heavy atom. The number of pyridine rings is 1. The van der Waals surface area contributed by atoms with Gasteiger partial charge < -0.3 is 9.64 Å². The largest absolute Gasteiger partial charge is 0.375 e. The maximum atomic E-state index is 12.1. The second-order valence-corrected chi connectivity index (χ2v) is 4.62. The molecular formula is C11H13BrN2O2. The Bertz CT molecular complexity index is 397. The third-order valence-electron chi connectivity index (χ3n) is 2.49. The molecule has 1 aromatic rings. The fourth-order valence-corrected chi connectivity index (χ4v) is 2.12. The molecule has 1 aliphatic heterocycles. The minimum absolute atomic E-state index is 0.0392. The average Bonchev–Trinajstić information content (AvgIpc) is 2.29. The van der Waals surface area contributed by atoms with Gasteiger partial charge in [-0.15, -0.1) is 0 Å². The molecule has 1 fully saturated rings. The highest BCUT2D eigenvalue weighted by atomic mass is 79.9. The van der Waals surface area contributed by atoms with Crippen LogP contribution >= 0.6 is 15.9 Å². The molecule has 0 aromatic carbocycles. The van der Waals surface area contributed by atoms with Crippen molar-refractivity contribution in [3.05, 3.63) is 28.5 Å². The maximum Gasteiger partial charge on any atom is 0.273 e. The summed E-state index contributed by atoms with van der Waals surface area (Å²) < 4.78 is 6.13. The molecule has 16 heavy (non-hydrogen) atoms. The van der Waals surface area contributed by atoms with E-state index in [1.807, 2.05) is 13.0 Å². The first kappa shape index (κ1) is 11.5. The van der Waals surface area contributed by atoms with Crippen LogP contribution in [-0.4, -0.2) is 41.6 Å². The molecule has 2 heterocycles. The minimum atomic E-state index is -0.0392. The number of carbonyl (C=O) groups excluding carboxylic acids is 1. The van der Waals surface area contributed by atoms with Crippen molar-refractivity contribution in [2.24, 2.45) is 0 Å². The van der Waals surface area contributed by atoms with Gasteiger partial charge in [-0.1, -0.05) is 0 Å². The predicted molar refractivity (Wildman–Crippen MR) is 63.3 cm³/mol. The molecule has 1 amide bonds. The quantitative estimate of drug-likeness (QED) is 0.788. The first-order chi connectivity index (χ1) is 7.68. The fourth-order valence-electron chi connectivity index (χ4n) is 1.70. The number of hydrogen-bond donors (Lipinski definition) is 0. The first-order valence-corrected chi connectivity index (χ1v) is 5.99. The number of nitrogens with zero attached hydrogens (tertiary/aromatic N) is 2. The Kier molecular flexibility index (Phi) is 3.56. The number of ether oxygens (including phenoxy) is 1. The molecule has 1 aromatic heterocycles. The molecule has 1 aliphatic rings. The van der Waals surface area contributed by atoms with Gasteiger partial charge in [-0.25, -0.2) is 4.98 Å². The summed E-state index contributed by atoms with van der Waals surface area (Å²) in [6, 6.07) is 3.62. The Hall–Kier alpha value is -0.940. The third-order valence-corrected chi connectivity index (χ3v) is 3.13. The molecule has 0 bridgehead atoms. The molecule has 4 nitrogen and oxygen atoms in total. The van der Waals surface area contributed by atoms with Crippen molar-refractivity contribution in [3.8, 4) is 0 Å². The van der Waals surface area contributed by atoms with E-state index in [0.717, 1.165) is 4.47 Å². The van der Waals surface area contributed by atoms with Gasteiger partial charge in [0.1, 0.15) is 5.69 Å². The van der Waals surface area contributed by atoms with Gasteiger partial charge in [-0.05, 0) is 35.0 Å². The van der Waals surface area contributed by atoms with Gasteiger partial charge in [0.2, 0.25) is 0 Å². The van der Waals surface area contributed by atoms with Crippen LogP contribution in [0.1, 0.15) is 17.4 Å². The van der Waals surface area contributed by atoms with E-state index in [0.29, 0.717) is 25.4 Å². The van der Waals surface area contributed by atoms with Crippen LogP contribution in [0.3, 0.4) is 0 Å². The molecule has 0 N–H and O–H groups in total. The van der Waals surface area contributed by atoms with Crippen molar-refractivity contribution in [3.63, 3.8) is 0 Å². The zero-order valence-electron chi connectivity index (χ0n) is 9.02. The van der Waals surface area contributed by atoms with Crippen LogP contribution in [0.15, 0.2) is 22.8 Å². The van der Waals surface area contributed by atoms with E-state index in [4.69, 9.17) is 4.74 Å². The normalized spacial score (nSPS) is 20.9. The second kappa shape index (κ2) is 4.93. The molecule has 1 atom stereocenters. The highest BCUT2D eigenvalue weighted by Gasteiger charge is 2.24. The Morgan fingerprint density at radius 3 is 3.19 bits per heavy atom.